The summed E-state index contributed by atoms with van der Waals surface area (Å²) in [7, 11) is 1.22. The first-order chi connectivity index (χ1) is 6.11. The standard InChI is InChI=1S/C7H13FN2O3/c1-5(7(11)12-2)10-13-4-6(8)3-9/h6H,3-4,9H2,1-2H3. The third kappa shape index (κ3) is 5.13. The van der Waals surface area contributed by atoms with Gasteiger partial charge < -0.3 is 15.3 Å². The molecular weight excluding hydrogens is 179 g/mol. The van der Waals surface area contributed by atoms with E-state index in [1.165, 1.54) is 14.0 Å². The molecule has 13 heavy (non-hydrogen) atoms. The van der Waals surface area contributed by atoms with Crippen molar-refractivity contribution in [1.82, 2.24) is 0 Å². The summed E-state index contributed by atoms with van der Waals surface area (Å²) in [5.74, 6) is -0.608. The van der Waals surface area contributed by atoms with E-state index in [4.69, 9.17) is 5.73 Å². The zero-order valence-electron chi connectivity index (χ0n) is 7.62. The molecule has 0 heterocycles. The predicted octanol–water partition coefficient (Wildman–Crippen LogP) is -0.151. The maximum Gasteiger partial charge on any atom is 0.355 e. The Morgan fingerprint density at radius 2 is 2.31 bits per heavy atom. The van der Waals surface area contributed by atoms with Crippen LogP contribution in [0.4, 0.5) is 4.39 Å². The van der Waals surface area contributed by atoms with E-state index in [-0.39, 0.29) is 18.9 Å². The number of nitrogens with zero attached hydrogens (tertiary/aromatic N) is 1. The van der Waals surface area contributed by atoms with Gasteiger partial charge in [-0.15, -0.1) is 0 Å². The quantitative estimate of drug-likeness (QED) is 0.373. The highest BCUT2D eigenvalue weighted by Gasteiger charge is 2.07. The van der Waals surface area contributed by atoms with Crippen molar-refractivity contribution >= 4 is 11.7 Å². The Hall–Kier alpha value is -1.17. The van der Waals surface area contributed by atoms with Crippen molar-refractivity contribution < 1.29 is 18.8 Å². The fourth-order valence-corrected chi connectivity index (χ4v) is 0.468. The molecule has 0 aliphatic rings. The third-order valence-electron chi connectivity index (χ3n) is 1.19. The van der Waals surface area contributed by atoms with Crippen molar-refractivity contribution in [2.45, 2.75) is 13.1 Å². The van der Waals surface area contributed by atoms with Gasteiger partial charge in [0.2, 0.25) is 0 Å². The van der Waals surface area contributed by atoms with E-state index in [1.807, 2.05) is 0 Å². The lowest BCUT2D eigenvalue weighted by molar-refractivity contribution is -0.133. The molecule has 0 saturated carbocycles. The van der Waals surface area contributed by atoms with Gasteiger partial charge in [0, 0.05) is 6.54 Å². The lowest BCUT2D eigenvalue weighted by Crippen LogP contribution is -2.20. The number of esters is 1. The SMILES string of the molecule is COC(=O)C(C)=NOCC(F)CN. The second-order valence-corrected chi connectivity index (χ2v) is 2.30. The summed E-state index contributed by atoms with van der Waals surface area (Å²) in [4.78, 5) is 15.2. The zero-order chi connectivity index (χ0) is 10.3. The second kappa shape index (κ2) is 6.36. The first kappa shape index (κ1) is 11.8. The van der Waals surface area contributed by atoms with E-state index < -0.39 is 12.1 Å². The molecule has 0 fully saturated rings. The number of hydrogen-bond acceptors (Lipinski definition) is 5. The van der Waals surface area contributed by atoms with Crippen LogP contribution in [-0.4, -0.2) is 38.1 Å². The Labute approximate surface area is 75.7 Å². The fraction of sp³-hybridized carbons (Fsp3) is 0.714. The van der Waals surface area contributed by atoms with Gasteiger partial charge in [0.25, 0.3) is 0 Å². The molecule has 0 bridgehead atoms. The van der Waals surface area contributed by atoms with Crippen LogP contribution < -0.4 is 5.73 Å². The Bertz CT molecular complexity index is 196. The van der Waals surface area contributed by atoms with Crippen LogP contribution in [0.25, 0.3) is 0 Å². The van der Waals surface area contributed by atoms with Gasteiger partial charge in [0.1, 0.15) is 12.8 Å². The highest BCUT2D eigenvalue weighted by molar-refractivity contribution is 6.35. The predicted molar refractivity (Wildman–Crippen MR) is 45.0 cm³/mol. The monoisotopic (exact) mass is 192 g/mol. The number of alkyl halides is 1. The van der Waals surface area contributed by atoms with Crippen LogP contribution in [-0.2, 0) is 14.4 Å². The highest BCUT2D eigenvalue weighted by atomic mass is 19.1. The van der Waals surface area contributed by atoms with Gasteiger partial charge in [0.15, 0.2) is 5.71 Å². The topological polar surface area (TPSA) is 73.9 Å². The number of rotatable bonds is 5. The smallest absolute Gasteiger partial charge is 0.355 e. The number of carbonyl (C=O) groups is 1. The summed E-state index contributed by atoms with van der Waals surface area (Å²) in [6.07, 6.45) is -1.27. The van der Waals surface area contributed by atoms with Gasteiger partial charge in [0.05, 0.1) is 7.11 Å². The molecule has 0 saturated heterocycles. The number of hydrogen-bond donors (Lipinski definition) is 1. The average Bonchev–Trinajstić information content (AvgIpc) is 2.15. The minimum absolute atomic E-state index is 0.0340. The normalized spacial score (nSPS) is 13.7. The van der Waals surface area contributed by atoms with Crippen LogP contribution in [0.2, 0.25) is 0 Å². The first-order valence-corrected chi connectivity index (χ1v) is 3.70. The maximum absolute atomic E-state index is 12.4. The number of oxime groups is 1. The minimum Gasteiger partial charge on any atom is -0.464 e. The average molecular weight is 192 g/mol. The lowest BCUT2D eigenvalue weighted by Gasteiger charge is -2.03. The molecule has 0 radical (unpaired) electrons. The summed E-state index contributed by atoms with van der Waals surface area (Å²) in [5, 5.41) is 3.33. The number of ether oxygens (including phenoxy) is 1. The van der Waals surface area contributed by atoms with E-state index in [2.05, 4.69) is 14.7 Å². The van der Waals surface area contributed by atoms with E-state index in [0.717, 1.165) is 0 Å². The number of carbonyl (C=O) groups excluding carboxylic acids is 1. The molecule has 0 aromatic heterocycles. The minimum atomic E-state index is -1.27. The molecular formula is C7H13FN2O3. The lowest BCUT2D eigenvalue weighted by atomic mass is 10.4. The molecule has 6 heteroatoms. The fourth-order valence-electron chi connectivity index (χ4n) is 0.468. The molecule has 0 amide bonds. The Morgan fingerprint density at radius 1 is 1.69 bits per heavy atom. The van der Waals surface area contributed by atoms with Crippen LogP contribution in [0.15, 0.2) is 5.16 Å². The zero-order valence-corrected chi connectivity index (χ0v) is 7.62. The van der Waals surface area contributed by atoms with Crippen molar-refractivity contribution in [2.24, 2.45) is 10.9 Å². The van der Waals surface area contributed by atoms with Crippen molar-refractivity contribution in [2.75, 3.05) is 20.3 Å². The van der Waals surface area contributed by atoms with Crippen molar-refractivity contribution in [3.05, 3.63) is 0 Å². The molecule has 0 aliphatic carbocycles. The molecule has 0 aromatic rings. The summed E-state index contributed by atoms with van der Waals surface area (Å²) in [6, 6.07) is 0. The van der Waals surface area contributed by atoms with Gasteiger partial charge in [-0.3, -0.25) is 0 Å². The van der Waals surface area contributed by atoms with Crippen LogP contribution in [0, 0.1) is 0 Å². The molecule has 5 nitrogen and oxygen atoms in total. The largest absolute Gasteiger partial charge is 0.464 e. The molecule has 2 N–H and O–H groups in total. The number of nitrogens with two attached hydrogens (primary N) is 1. The summed E-state index contributed by atoms with van der Waals surface area (Å²) in [6.45, 7) is 1.01. The van der Waals surface area contributed by atoms with Crippen LogP contribution >= 0.6 is 0 Å². The Balaban J connectivity index is 3.77. The second-order valence-electron chi connectivity index (χ2n) is 2.30. The van der Waals surface area contributed by atoms with E-state index in [0.29, 0.717) is 0 Å². The van der Waals surface area contributed by atoms with E-state index in [1.54, 1.807) is 0 Å². The molecule has 1 atom stereocenters. The molecule has 0 spiro atoms. The maximum atomic E-state index is 12.4. The van der Waals surface area contributed by atoms with Crippen LogP contribution in [0.3, 0.4) is 0 Å². The van der Waals surface area contributed by atoms with Crippen molar-refractivity contribution in [3.8, 4) is 0 Å². The molecule has 0 aromatic carbocycles. The molecule has 0 aliphatic heterocycles. The van der Waals surface area contributed by atoms with Gasteiger partial charge in [-0.05, 0) is 6.92 Å². The Kier molecular flexibility index (Phi) is 5.79. The van der Waals surface area contributed by atoms with Gasteiger partial charge in [-0.25, -0.2) is 9.18 Å². The van der Waals surface area contributed by atoms with Gasteiger partial charge in [-0.2, -0.15) is 0 Å². The third-order valence-corrected chi connectivity index (χ3v) is 1.19. The van der Waals surface area contributed by atoms with Gasteiger partial charge in [-0.1, -0.05) is 5.16 Å². The van der Waals surface area contributed by atoms with Gasteiger partial charge >= 0.3 is 5.97 Å². The first-order valence-electron chi connectivity index (χ1n) is 3.70. The summed E-state index contributed by atoms with van der Waals surface area (Å²) in [5.41, 5.74) is 5.01. The van der Waals surface area contributed by atoms with Crippen LogP contribution in [0.5, 0.6) is 0 Å². The van der Waals surface area contributed by atoms with E-state index >= 15 is 0 Å². The summed E-state index contributed by atoms with van der Waals surface area (Å²) < 4.78 is 16.8. The van der Waals surface area contributed by atoms with Crippen molar-refractivity contribution in [3.63, 3.8) is 0 Å². The Morgan fingerprint density at radius 3 is 2.77 bits per heavy atom. The number of methoxy groups -OCH3 is 1. The molecule has 0 rings (SSSR count). The highest BCUT2D eigenvalue weighted by Crippen LogP contribution is 1.91. The molecule has 1 unspecified atom stereocenters. The van der Waals surface area contributed by atoms with E-state index in [9.17, 15) is 9.18 Å². The van der Waals surface area contributed by atoms with Crippen LogP contribution in [0.1, 0.15) is 6.92 Å². The summed E-state index contributed by atoms with van der Waals surface area (Å²) >= 11 is 0. The number of halogens is 1. The van der Waals surface area contributed by atoms with Crippen molar-refractivity contribution in [1.29, 1.82) is 0 Å². The molecule has 76 valence electrons.